The van der Waals surface area contributed by atoms with E-state index >= 15 is 0 Å². The van der Waals surface area contributed by atoms with Gasteiger partial charge in [-0.05, 0) is 41.5 Å². The minimum absolute atomic E-state index is 0.106. The van der Waals surface area contributed by atoms with Crippen molar-refractivity contribution in [1.29, 1.82) is 0 Å². The second-order valence-corrected chi connectivity index (χ2v) is 6.26. The Morgan fingerprint density at radius 3 is 2.86 bits per heavy atom. The summed E-state index contributed by atoms with van der Waals surface area (Å²) in [6.45, 7) is 4.04. The lowest BCUT2D eigenvalue weighted by Gasteiger charge is -2.35. The molecule has 110 valence electrons. The Balaban J connectivity index is 1.91. The summed E-state index contributed by atoms with van der Waals surface area (Å²) >= 11 is 3.47. The van der Waals surface area contributed by atoms with E-state index in [1.165, 1.54) is 0 Å². The van der Waals surface area contributed by atoms with Gasteiger partial charge in [0.1, 0.15) is 0 Å². The van der Waals surface area contributed by atoms with E-state index in [2.05, 4.69) is 28.9 Å². The van der Waals surface area contributed by atoms with Crippen LogP contribution in [0.1, 0.15) is 23.7 Å². The molecule has 4 heteroatoms. The number of rotatable bonds is 2. The third-order valence-corrected chi connectivity index (χ3v) is 4.50. The van der Waals surface area contributed by atoms with Crippen molar-refractivity contribution < 1.29 is 9.53 Å². The first-order valence-corrected chi connectivity index (χ1v) is 8.06. The standard InChI is InChI=1S/C17H18BrNO2/c1-2-16-11-21-8-7-19(16)17(20)14-4-3-13-10-15(18)6-5-12(13)9-14/h3-6,9-10,16H,2,7-8,11H2,1H3. The number of ether oxygens (including phenoxy) is 1. The lowest BCUT2D eigenvalue weighted by Crippen LogP contribution is -2.48. The summed E-state index contributed by atoms with van der Waals surface area (Å²) in [5, 5.41) is 2.22. The number of carbonyl (C=O) groups is 1. The lowest BCUT2D eigenvalue weighted by molar-refractivity contribution is -0.00278. The minimum atomic E-state index is 0.106. The molecule has 1 amide bonds. The van der Waals surface area contributed by atoms with Gasteiger partial charge in [0.2, 0.25) is 0 Å². The van der Waals surface area contributed by atoms with Crippen LogP contribution in [0.3, 0.4) is 0 Å². The number of amides is 1. The van der Waals surface area contributed by atoms with Crippen LogP contribution in [0.5, 0.6) is 0 Å². The first kappa shape index (κ1) is 14.5. The van der Waals surface area contributed by atoms with Crippen LogP contribution >= 0.6 is 15.9 Å². The van der Waals surface area contributed by atoms with E-state index < -0.39 is 0 Å². The number of morpholine rings is 1. The molecule has 0 aromatic heterocycles. The fourth-order valence-electron chi connectivity index (χ4n) is 2.78. The smallest absolute Gasteiger partial charge is 0.254 e. The molecule has 0 spiro atoms. The fraction of sp³-hybridized carbons (Fsp3) is 0.353. The molecule has 1 unspecified atom stereocenters. The van der Waals surface area contributed by atoms with Gasteiger partial charge in [0.25, 0.3) is 5.91 Å². The summed E-state index contributed by atoms with van der Waals surface area (Å²) < 4.78 is 6.52. The van der Waals surface area contributed by atoms with Gasteiger partial charge in [-0.15, -0.1) is 0 Å². The topological polar surface area (TPSA) is 29.5 Å². The molecule has 0 aliphatic carbocycles. The van der Waals surface area contributed by atoms with E-state index in [0.29, 0.717) is 19.8 Å². The van der Waals surface area contributed by atoms with Crippen molar-refractivity contribution in [3.05, 3.63) is 46.4 Å². The van der Waals surface area contributed by atoms with Crippen LogP contribution in [-0.4, -0.2) is 36.6 Å². The van der Waals surface area contributed by atoms with Gasteiger partial charge in [-0.25, -0.2) is 0 Å². The van der Waals surface area contributed by atoms with Crippen LogP contribution in [0.4, 0.5) is 0 Å². The van der Waals surface area contributed by atoms with Crippen LogP contribution < -0.4 is 0 Å². The molecule has 3 rings (SSSR count). The monoisotopic (exact) mass is 347 g/mol. The van der Waals surface area contributed by atoms with Gasteiger partial charge in [0, 0.05) is 16.6 Å². The second-order valence-electron chi connectivity index (χ2n) is 5.34. The Hall–Kier alpha value is -1.39. The maximum Gasteiger partial charge on any atom is 0.254 e. The minimum Gasteiger partial charge on any atom is -0.377 e. The molecule has 1 atom stereocenters. The highest BCUT2D eigenvalue weighted by Crippen LogP contribution is 2.22. The van der Waals surface area contributed by atoms with Crippen LogP contribution in [-0.2, 0) is 4.74 Å². The van der Waals surface area contributed by atoms with Crippen molar-refractivity contribution >= 4 is 32.6 Å². The summed E-state index contributed by atoms with van der Waals surface area (Å²) in [6, 6.07) is 12.2. The molecule has 1 aliphatic heterocycles. The molecule has 0 N–H and O–H groups in total. The van der Waals surface area contributed by atoms with Gasteiger partial charge < -0.3 is 9.64 Å². The van der Waals surface area contributed by atoms with E-state index in [-0.39, 0.29) is 11.9 Å². The SMILES string of the molecule is CCC1COCCN1C(=O)c1ccc2cc(Br)ccc2c1. The molecule has 0 radical (unpaired) electrons. The average molecular weight is 348 g/mol. The number of carbonyl (C=O) groups excluding carboxylic acids is 1. The summed E-state index contributed by atoms with van der Waals surface area (Å²) in [7, 11) is 0. The molecule has 1 saturated heterocycles. The highest BCUT2D eigenvalue weighted by molar-refractivity contribution is 9.10. The van der Waals surface area contributed by atoms with Crippen molar-refractivity contribution in [2.45, 2.75) is 19.4 Å². The maximum atomic E-state index is 12.7. The van der Waals surface area contributed by atoms with Crippen LogP contribution in [0.15, 0.2) is 40.9 Å². The third kappa shape index (κ3) is 2.97. The van der Waals surface area contributed by atoms with Gasteiger partial charge in [-0.2, -0.15) is 0 Å². The number of benzene rings is 2. The van der Waals surface area contributed by atoms with Crippen molar-refractivity contribution in [3.8, 4) is 0 Å². The maximum absolute atomic E-state index is 12.7. The molecule has 2 aromatic rings. The molecule has 1 fully saturated rings. The highest BCUT2D eigenvalue weighted by atomic mass is 79.9. The van der Waals surface area contributed by atoms with E-state index in [4.69, 9.17) is 4.74 Å². The molecular formula is C17H18BrNO2. The Morgan fingerprint density at radius 1 is 1.29 bits per heavy atom. The molecule has 0 bridgehead atoms. The average Bonchev–Trinajstić information content (AvgIpc) is 2.53. The number of halogens is 1. The number of hydrogen-bond acceptors (Lipinski definition) is 2. The summed E-state index contributed by atoms with van der Waals surface area (Å²) in [5.41, 5.74) is 0.755. The highest BCUT2D eigenvalue weighted by Gasteiger charge is 2.26. The first-order chi connectivity index (χ1) is 10.2. The summed E-state index contributed by atoms with van der Waals surface area (Å²) in [4.78, 5) is 14.7. The van der Waals surface area contributed by atoms with Crippen LogP contribution in [0.2, 0.25) is 0 Å². The zero-order chi connectivity index (χ0) is 14.8. The van der Waals surface area contributed by atoms with Crippen molar-refractivity contribution in [2.24, 2.45) is 0 Å². The van der Waals surface area contributed by atoms with Gasteiger partial charge in [-0.3, -0.25) is 4.79 Å². The zero-order valence-corrected chi connectivity index (χ0v) is 13.6. The fourth-order valence-corrected chi connectivity index (χ4v) is 3.15. The number of fused-ring (bicyclic) bond motifs is 1. The first-order valence-electron chi connectivity index (χ1n) is 7.27. The molecule has 1 aliphatic rings. The van der Waals surface area contributed by atoms with E-state index in [9.17, 15) is 4.79 Å². The predicted octanol–water partition coefficient (Wildman–Crippen LogP) is 3.85. The summed E-state index contributed by atoms with van der Waals surface area (Å²) in [6.07, 6.45) is 0.923. The Morgan fingerprint density at radius 2 is 2.05 bits per heavy atom. The van der Waals surface area contributed by atoms with Crippen molar-refractivity contribution in [3.63, 3.8) is 0 Å². The molecule has 1 heterocycles. The Labute approximate surface area is 133 Å². The molecule has 21 heavy (non-hydrogen) atoms. The predicted molar refractivity (Wildman–Crippen MR) is 87.6 cm³/mol. The molecule has 2 aromatic carbocycles. The largest absolute Gasteiger partial charge is 0.377 e. The lowest BCUT2D eigenvalue weighted by atomic mass is 10.0. The molecule has 0 saturated carbocycles. The number of nitrogens with zero attached hydrogens (tertiary/aromatic N) is 1. The van der Waals surface area contributed by atoms with E-state index in [1.54, 1.807) is 0 Å². The quantitative estimate of drug-likeness (QED) is 0.825. The van der Waals surface area contributed by atoms with E-state index in [1.807, 2.05) is 35.2 Å². The third-order valence-electron chi connectivity index (χ3n) is 4.01. The Bertz CT molecular complexity index is 671. The zero-order valence-electron chi connectivity index (χ0n) is 12.0. The van der Waals surface area contributed by atoms with E-state index in [0.717, 1.165) is 27.2 Å². The number of hydrogen-bond donors (Lipinski definition) is 0. The second kappa shape index (κ2) is 6.16. The van der Waals surface area contributed by atoms with Gasteiger partial charge in [0.05, 0.1) is 19.3 Å². The molecular weight excluding hydrogens is 330 g/mol. The van der Waals surface area contributed by atoms with Crippen molar-refractivity contribution in [2.75, 3.05) is 19.8 Å². The van der Waals surface area contributed by atoms with Crippen LogP contribution in [0.25, 0.3) is 10.8 Å². The van der Waals surface area contributed by atoms with Crippen molar-refractivity contribution in [1.82, 2.24) is 4.90 Å². The normalized spacial score (nSPS) is 19.0. The van der Waals surface area contributed by atoms with Gasteiger partial charge in [0.15, 0.2) is 0 Å². The summed E-state index contributed by atoms with van der Waals surface area (Å²) in [5.74, 6) is 0.106. The van der Waals surface area contributed by atoms with Gasteiger partial charge >= 0.3 is 0 Å². The van der Waals surface area contributed by atoms with Gasteiger partial charge in [-0.1, -0.05) is 35.0 Å². The Kier molecular flexibility index (Phi) is 4.27. The van der Waals surface area contributed by atoms with Crippen LogP contribution in [0, 0.1) is 0 Å². The molecule has 3 nitrogen and oxygen atoms in total.